The van der Waals surface area contributed by atoms with Gasteiger partial charge in [0.05, 0.1) is 5.56 Å². The number of carbonyl (C=O) groups is 1. The lowest BCUT2D eigenvalue weighted by molar-refractivity contribution is 0.0734. The highest BCUT2D eigenvalue weighted by Crippen LogP contribution is 2.17. The van der Waals surface area contributed by atoms with Crippen molar-refractivity contribution in [3.63, 3.8) is 0 Å². The summed E-state index contributed by atoms with van der Waals surface area (Å²) in [5.41, 5.74) is 1.55. The first kappa shape index (κ1) is 17.1. The smallest absolute Gasteiger partial charge is 0.343 e. The zero-order valence-corrected chi connectivity index (χ0v) is 13.1. The Bertz CT molecular complexity index is 651. The SMILES string of the molecule is CCCCCCc1ccc(C(=O)Oc2ccc(F)c(F)c2)cc1. The van der Waals surface area contributed by atoms with Crippen LogP contribution in [0.1, 0.15) is 48.5 Å². The van der Waals surface area contributed by atoms with Crippen LogP contribution in [0.3, 0.4) is 0 Å². The fraction of sp³-hybridized carbons (Fsp3) is 0.316. The largest absolute Gasteiger partial charge is 0.423 e. The molecule has 0 heterocycles. The summed E-state index contributed by atoms with van der Waals surface area (Å²) in [5.74, 6) is -2.62. The average molecular weight is 318 g/mol. The Morgan fingerprint density at radius 2 is 1.70 bits per heavy atom. The number of ether oxygens (including phenoxy) is 1. The number of hydrogen-bond acceptors (Lipinski definition) is 2. The van der Waals surface area contributed by atoms with E-state index < -0.39 is 17.6 Å². The van der Waals surface area contributed by atoms with Crippen molar-refractivity contribution in [2.75, 3.05) is 0 Å². The summed E-state index contributed by atoms with van der Waals surface area (Å²) in [7, 11) is 0. The van der Waals surface area contributed by atoms with Gasteiger partial charge < -0.3 is 4.74 Å². The minimum atomic E-state index is -1.04. The highest BCUT2D eigenvalue weighted by molar-refractivity contribution is 5.91. The van der Waals surface area contributed by atoms with E-state index in [1.807, 2.05) is 12.1 Å². The van der Waals surface area contributed by atoms with Crippen LogP contribution in [-0.2, 0) is 6.42 Å². The van der Waals surface area contributed by atoms with E-state index in [1.54, 1.807) is 12.1 Å². The van der Waals surface area contributed by atoms with Crippen molar-refractivity contribution in [3.8, 4) is 5.75 Å². The number of hydrogen-bond donors (Lipinski definition) is 0. The van der Waals surface area contributed by atoms with Crippen molar-refractivity contribution in [1.29, 1.82) is 0 Å². The van der Waals surface area contributed by atoms with Gasteiger partial charge in [0, 0.05) is 6.07 Å². The molecule has 0 aliphatic rings. The Kier molecular flexibility index (Phi) is 6.27. The lowest BCUT2D eigenvalue weighted by atomic mass is 10.0. The van der Waals surface area contributed by atoms with Crippen LogP contribution in [0.5, 0.6) is 5.75 Å². The fourth-order valence-corrected chi connectivity index (χ4v) is 2.27. The molecular weight excluding hydrogens is 298 g/mol. The van der Waals surface area contributed by atoms with E-state index in [0.717, 1.165) is 25.0 Å². The summed E-state index contributed by atoms with van der Waals surface area (Å²) in [6.45, 7) is 2.17. The van der Waals surface area contributed by atoms with Gasteiger partial charge in [0.25, 0.3) is 0 Å². The number of rotatable bonds is 7. The van der Waals surface area contributed by atoms with Gasteiger partial charge in [-0.25, -0.2) is 13.6 Å². The molecule has 0 aromatic heterocycles. The van der Waals surface area contributed by atoms with Gasteiger partial charge in [-0.15, -0.1) is 0 Å². The summed E-state index contributed by atoms with van der Waals surface area (Å²) in [4.78, 5) is 12.0. The average Bonchev–Trinajstić information content (AvgIpc) is 2.55. The minimum Gasteiger partial charge on any atom is -0.423 e. The fourth-order valence-electron chi connectivity index (χ4n) is 2.27. The molecule has 2 aromatic rings. The van der Waals surface area contributed by atoms with Gasteiger partial charge in [-0.3, -0.25) is 0 Å². The number of aryl methyl sites for hydroxylation is 1. The highest BCUT2D eigenvalue weighted by atomic mass is 19.2. The molecule has 0 atom stereocenters. The topological polar surface area (TPSA) is 26.3 Å². The van der Waals surface area contributed by atoms with E-state index in [-0.39, 0.29) is 5.75 Å². The number of benzene rings is 2. The van der Waals surface area contributed by atoms with Crippen LogP contribution >= 0.6 is 0 Å². The summed E-state index contributed by atoms with van der Waals surface area (Å²) < 4.78 is 31.0. The molecule has 4 heteroatoms. The Labute approximate surface area is 135 Å². The maximum absolute atomic E-state index is 13.1. The van der Waals surface area contributed by atoms with Gasteiger partial charge in [-0.2, -0.15) is 0 Å². The molecule has 0 amide bonds. The van der Waals surface area contributed by atoms with Crippen LogP contribution in [0.25, 0.3) is 0 Å². The molecule has 23 heavy (non-hydrogen) atoms. The predicted molar refractivity (Wildman–Crippen MR) is 85.6 cm³/mol. The van der Waals surface area contributed by atoms with Crippen molar-refractivity contribution in [2.24, 2.45) is 0 Å². The first-order valence-electron chi connectivity index (χ1n) is 7.86. The molecule has 0 aliphatic carbocycles. The van der Waals surface area contributed by atoms with Gasteiger partial charge in [-0.05, 0) is 42.7 Å². The van der Waals surface area contributed by atoms with E-state index in [9.17, 15) is 13.6 Å². The molecule has 0 saturated heterocycles. The third-order valence-electron chi connectivity index (χ3n) is 3.61. The van der Waals surface area contributed by atoms with Crippen molar-refractivity contribution in [1.82, 2.24) is 0 Å². The molecule has 0 unspecified atom stereocenters. The monoisotopic (exact) mass is 318 g/mol. The molecule has 2 nitrogen and oxygen atoms in total. The van der Waals surface area contributed by atoms with Crippen LogP contribution in [0.4, 0.5) is 8.78 Å². The van der Waals surface area contributed by atoms with E-state index >= 15 is 0 Å². The zero-order valence-electron chi connectivity index (χ0n) is 13.1. The van der Waals surface area contributed by atoms with Crippen LogP contribution in [0.2, 0.25) is 0 Å². The lowest BCUT2D eigenvalue weighted by Gasteiger charge is -2.06. The summed E-state index contributed by atoms with van der Waals surface area (Å²) in [6, 6.07) is 10.2. The van der Waals surface area contributed by atoms with Crippen LogP contribution in [-0.4, -0.2) is 5.97 Å². The van der Waals surface area contributed by atoms with Gasteiger partial charge >= 0.3 is 5.97 Å². The normalized spacial score (nSPS) is 10.6. The van der Waals surface area contributed by atoms with E-state index in [0.29, 0.717) is 5.56 Å². The first-order chi connectivity index (χ1) is 11.1. The molecule has 0 N–H and O–H groups in total. The molecule has 0 bridgehead atoms. The summed E-state index contributed by atoms with van der Waals surface area (Å²) in [5, 5.41) is 0. The number of unbranched alkanes of at least 4 members (excludes halogenated alkanes) is 3. The molecule has 122 valence electrons. The molecule has 0 spiro atoms. The van der Waals surface area contributed by atoms with Crippen molar-refractivity contribution < 1.29 is 18.3 Å². The Balaban J connectivity index is 1.93. The maximum atomic E-state index is 13.1. The number of halogens is 2. The predicted octanol–water partition coefficient (Wildman–Crippen LogP) is 5.31. The van der Waals surface area contributed by atoms with E-state index in [2.05, 4.69) is 6.92 Å². The third kappa shape index (κ3) is 5.16. The molecule has 2 rings (SSSR count). The lowest BCUT2D eigenvalue weighted by Crippen LogP contribution is -2.08. The van der Waals surface area contributed by atoms with Crippen LogP contribution < -0.4 is 4.74 Å². The number of carbonyl (C=O) groups excluding carboxylic acids is 1. The molecular formula is C19H20F2O2. The maximum Gasteiger partial charge on any atom is 0.343 e. The van der Waals surface area contributed by atoms with Gasteiger partial charge in [0.2, 0.25) is 0 Å². The second kappa shape index (κ2) is 8.42. The molecule has 2 aromatic carbocycles. The van der Waals surface area contributed by atoms with Crippen molar-refractivity contribution in [2.45, 2.75) is 39.0 Å². The minimum absolute atomic E-state index is 0.0162. The van der Waals surface area contributed by atoms with Crippen molar-refractivity contribution >= 4 is 5.97 Å². The van der Waals surface area contributed by atoms with Crippen LogP contribution in [0.15, 0.2) is 42.5 Å². The second-order valence-electron chi connectivity index (χ2n) is 5.47. The quantitative estimate of drug-likeness (QED) is 0.393. The molecule has 0 saturated carbocycles. The standard InChI is InChI=1S/C19H20F2O2/c1-2-3-4-5-6-14-7-9-15(10-8-14)19(22)23-16-11-12-17(20)18(21)13-16/h7-13H,2-6H2,1H3. The first-order valence-corrected chi connectivity index (χ1v) is 7.86. The Morgan fingerprint density at radius 3 is 2.35 bits per heavy atom. The Morgan fingerprint density at radius 1 is 0.957 bits per heavy atom. The van der Waals surface area contributed by atoms with E-state index in [4.69, 9.17) is 4.74 Å². The Hall–Kier alpha value is -2.23. The third-order valence-corrected chi connectivity index (χ3v) is 3.61. The van der Waals surface area contributed by atoms with Crippen LogP contribution in [0, 0.1) is 11.6 Å². The van der Waals surface area contributed by atoms with E-state index in [1.165, 1.54) is 30.9 Å². The molecule has 0 radical (unpaired) electrons. The summed E-state index contributed by atoms with van der Waals surface area (Å²) >= 11 is 0. The zero-order chi connectivity index (χ0) is 16.7. The summed E-state index contributed by atoms with van der Waals surface area (Å²) in [6.07, 6.45) is 5.76. The van der Waals surface area contributed by atoms with Gasteiger partial charge in [0.1, 0.15) is 5.75 Å². The molecule has 0 fully saturated rings. The molecule has 0 aliphatic heterocycles. The number of esters is 1. The van der Waals surface area contributed by atoms with Gasteiger partial charge in [0.15, 0.2) is 11.6 Å². The highest BCUT2D eigenvalue weighted by Gasteiger charge is 2.10. The van der Waals surface area contributed by atoms with Gasteiger partial charge in [-0.1, -0.05) is 38.3 Å². The van der Waals surface area contributed by atoms with Crippen molar-refractivity contribution in [3.05, 3.63) is 65.2 Å². The second-order valence-corrected chi connectivity index (χ2v) is 5.47.